The van der Waals surface area contributed by atoms with Gasteiger partial charge in [-0.1, -0.05) is 35.3 Å². The van der Waals surface area contributed by atoms with Crippen molar-refractivity contribution in [3.8, 4) is 5.75 Å². The molecule has 1 aliphatic heterocycles. The summed E-state index contributed by atoms with van der Waals surface area (Å²) in [5, 5.41) is 10.1. The third-order valence-corrected chi connectivity index (χ3v) is 5.85. The van der Waals surface area contributed by atoms with E-state index in [1.807, 2.05) is 22.6 Å². The van der Waals surface area contributed by atoms with E-state index < -0.39 is 0 Å². The minimum Gasteiger partial charge on any atom is -0.507 e. The molecule has 0 saturated carbocycles. The van der Waals surface area contributed by atoms with E-state index in [1.54, 1.807) is 42.5 Å². The van der Waals surface area contributed by atoms with Crippen LogP contribution in [-0.2, 0) is 11.3 Å². The van der Waals surface area contributed by atoms with Crippen molar-refractivity contribution in [3.63, 3.8) is 0 Å². The maximum Gasteiger partial charge on any atom is 0.293 e. The van der Waals surface area contributed by atoms with Crippen LogP contribution in [0.25, 0.3) is 6.08 Å². The highest BCUT2D eigenvalue weighted by atomic mass is 127. The number of amides is 2. The number of rotatable bonds is 3. The molecule has 2 aromatic rings. The Kier molecular flexibility index (Phi) is 5.62. The number of hydrogen-bond donors (Lipinski definition) is 1. The van der Waals surface area contributed by atoms with Crippen LogP contribution >= 0.6 is 57.6 Å². The molecule has 2 aromatic carbocycles. The van der Waals surface area contributed by atoms with Gasteiger partial charge in [0.1, 0.15) is 5.75 Å². The van der Waals surface area contributed by atoms with E-state index in [2.05, 4.69) is 0 Å². The molecule has 2 amide bonds. The van der Waals surface area contributed by atoms with E-state index in [-0.39, 0.29) is 23.4 Å². The molecule has 0 aliphatic carbocycles. The van der Waals surface area contributed by atoms with Gasteiger partial charge in [0.25, 0.3) is 11.1 Å². The van der Waals surface area contributed by atoms with Crippen molar-refractivity contribution in [1.82, 2.24) is 4.90 Å². The molecule has 0 radical (unpaired) electrons. The number of thioether (sulfide) groups is 1. The molecule has 128 valence electrons. The predicted octanol–water partition coefficient (Wildman–Crippen LogP) is 5.54. The zero-order valence-electron chi connectivity index (χ0n) is 12.5. The molecule has 1 saturated heterocycles. The molecule has 3 rings (SSSR count). The predicted molar refractivity (Wildman–Crippen MR) is 109 cm³/mol. The van der Waals surface area contributed by atoms with Gasteiger partial charge in [-0.3, -0.25) is 14.5 Å². The number of carbonyl (C=O) groups is 2. The second kappa shape index (κ2) is 7.57. The molecule has 0 aromatic heterocycles. The topological polar surface area (TPSA) is 57.6 Å². The zero-order chi connectivity index (χ0) is 18.1. The highest BCUT2D eigenvalue weighted by Gasteiger charge is 2.35. The molecule has 0 atom stereocenters. The van der Waals surface area contributed by atoms with Crippen molar-refractivity contribution in [3.05, 3.63) is 66.0 Å². The fourth-order valence-electron chi connectivity index (χ4n) is 2.22. The van der Waals surface area contributed by atoms with Crippen LogP contribution in [0.1, 0.15) is 11.1 Å². The average molecular weight is 506 g/mol. The van der Waals surface area contributed by atoms with Crippen LogP contribution < -0.4 is 0 Å². The van der Waals surface area contributed by atoms with Crippen LogP contribution in [-0.4, -0.2) is 21.2 Å². The first-order valence-electron chi connectivity index (χ1n) is 7.03. The number of benzene rings is 2. The van der Waals surface area contributed by atoms with Crippen LogP contribution in [0, 0.1) is 3.57 Å². The van der Waals surface area contributed by atoms with Crippen LogP contribution in [0.2, 0.25) is 10.0 Å². The highest BCUT2D eigenvalue weighted by Crippen LogP contribution is 2.35. The van der Waals surface area contributed by atoms with E-state index in [0.29, 0.717) is 24.1 Å². The second-order valence-electron chi connectivity index (χ2n) is 5.21. The Morgan fingerprint density at radius 1 is 1.16 bits per heavy atom. The third kappa shape index (κ3) is 4.13. The SMILES string of the molecule is O=C1S/C(=C\c2ccc(O)c(I)c2)C(=O)N1Cc1ccc(Cl)cc1Cl. The lowest BCUT2D eigenvalue weighted by atomic mass is 10.2. The van der Waals surface area contributed by atoms with Gasteiger partial charge in [0.2, 0.25) is 0 Å². The maximum absolute atomic E-state index is 12.6. The summed E-state index contributed by atoms with van der Waals surface area (Å²) >= 11 is 14.9. The monoisotopic (exact) mass is 505 g/mol. The van der Waals surface area contributed by atoms with E-state index in [0.717, 1.165) is 22.2 Å². The maximum atomic E-state index is 12.6. The average Bonchev–Trinajstić information content (AvgIpc) is 2.81. The van der Waals surface area contributed by atoms with Gasteiger partial charge in [-0.25, -0.2) is 0 Å². The summed E-state index contributed by atoms with van der Waals surface area (Å²) in [7, 11) is 0. The van der Waals surface area contributed by atoms with E-state index in [4.69, 9.17) is 23.2 Å². The van der Waals surface area contributed by atoms with Crippen molar-refractivity contribution in [2.75, 3.05) is 0 Å². The Hall–Kier alpha value is -1.22. The second-order valence-corrected chi connectivity index (χ2v) is 8.21. The smallest absolute Gasteiger partial charge is 0.293 e. The lowest BCUT2D eigenvalue weighted by Crippen LogP contribution is -2.27. The van der Waals surface area contributed by atoms with Crippen LogP contribution in [0.15, 0.2) is 41.3 Å². The molecule has 8 heteroatoms. The first-order valence-corrected chi connectivity index (χ1v) is 9.68. The Balaban J connectivity index is 1.84. The fourth-order valence-corrected chi connectivity index (χ4v) is 4.07. The van der Waals surface area contributed by atoms with Gasteiger partial charge < -0.3 is 5.11 Å². The van der Waals surface area contributed by atoms with Crippen molar-refractivity contribution >= 4 is 74.8 Å². The summed E-state index contributed by atoms with van der Waals surface area (Å²) < 4.78 is 0.665. The Labute approximate surface area is 171 Å². The molecule has 25 heavy (non-hydrogen) atoms. The Bertz CT molecular complexity index is 917. The Morgan fingerprint density at radius 2 is 1.92 bits per heavy atom. The third-order valence-electron chi connectivity index (χ3n) is 3.49. The lowest BCUT2D eigenvalue weighted by molar-refractivity contribution is -0.123. The van der Waals surface area contributed by atoms with Gasteiger partial charge in [0, 0.05) is 10.0 Å². The van der Waals surface area contributed by atoms with Gasteiger partial charge >= 0.3 is 0 Å². The number of hydrogen-bond acceptors (Lipinski definition) is 4. The molecule has 0 unspecified atom stereocenters. The normalized spacial score (nSPS) is 16.1. The molecule has 0 spiro atoms. The first-order chi connectivity index (χ1) is 11.8. The highest BCUT2D eigenvalue weighted by molar-refractivity contribution is 14.1. The Morgan fingerprint density at radius 3 is 2.60 bits per heavy atom. The minimum absolute atomic E-state index is 0.0884. The molecule has 1 N–H and O–H groups in total. The van der Waals surface area contributed by atoms with Crippen LogP contribution in [0.3, 0.4) is 0 Å². The van der Waals surface area contributed by atoms with Crippen molar-refractivity contribution in [2.45, 2.75) is 6.54 Å². The van der Waals surface area contributed by atoms with Gasteiger partial charge in [-0.05, 0) is 75.8 Å². The lowest BCUT2D eigenvalue weighted by Gasteiger charge is -2.13. The summed E-state index contributed by atoms with van der Waals surface area (Å²) in [6.45, 7) is 0.0884. The van der Waals surface area contributed by atoms with E-state index >= 15 is 0 Å². The fraction of sp³-hybridized carbons (Fsp3) is 0.0588. The number of halogens is 3. The molecule has 0 bridgehead atoms. The molecule has 1 aliphatic rings. The molecule has 4 nitrogen and oxygen atoms in total. The number of nitrogens with zero attached hydrogens (tertiary/aromatic N) is 1. The van der Waals surface area contributed by atoms with Gasteiger partial charge in [0.05, 0.1) is 15.0 Å². The summed E-state index contributed by atoms with van der Waals surface area (Å²) in [6.07, 6.45) is 1.63. The summed E-state index contributed by atoms with van der Waals surface area (Å²) in [6, 6.07) is 9.90. The summed E-state index contributed by atoms with van der Waals surface area (Å²) in [4.78, 5) is 26.2. The van der Waals surface area contributed by atoms with Gasteiger partial charge in [-0.15, -0.1) is 0 Å². The number of aromatic hydroxyl groups is 1. The minimum atomic E-state index is -0.371. The van der Waals surface area contributed by atoms with Gasteiger partial charge in [0.15, 0.2) is 0 Å². The molecular formula is C17H10Cl2INO3S. The van der Waals surface area contributed by atoms with Crippen molar-refractivity contribution in [2.24, 2.45) is 0 Å². The van der Waals surface area contributed by atoms with Crippen LogP contribution in [0.5, 0.6) is 5.75 Å². The van der Waals surface area contributed by atoms with Gasteiger partial charge in [-0.2, -0.15) is 0 Å². The molecule has 1 fully saturated rings. The quantitative estimate of drug-likeness (QED) is 0.439. The van der Waals surface area contributed by atoms with E-state index in [9.17, 15) is 14.7 Å². The van der Waals surface area contributed by atoms with Crippen molar-refractivity contribution < 1.29 is 14.7 Å². The molecule has 1 heterocycles. The summed E-state index contributed by atoms with van der Waals surface area (Å²) in [5.41, 5.74) is 1.38. The summed E-state index contributed by atoms with van der Waals surface area (Å²) in [5.74, 6) is -0.202. The number of imide groups is 1. The van der Waals surface area contributed by atoms with Crippen molar-refractivity contribution in [1.29, 1.82) is 0 Å². The van der Waals surface area contributed by atoms with E-state index in [1.165, 1.54) is 0 Å². The number of phenols is 1. The number of phenolic OH excluding ortho intramolecular Hbond substituents is 1. The van der Waals surface area contributed by atoms with Crippen LogP contribution in [0.4, 0.5) is 4.79 Å². The largest absolute Gasteiger partial charge is 0.507 e. The first kappa shape index (κ1) is 18.6. The number of carbonyl (C=O) groups excluding carboxylic acids is 2. The standard InChI is InChI=1S/C17H10Cl2INO3S/c18-11-3-2-10(12(19)7-11)8-21-16(23)15(25-17(21)24)6-9-1-4-14(22)13(20)5-9/h1-7,22H,8H2/b15-6-. The zero-order valence-corrected chi connectivity index (χ0v) is 17.0. The molecular weight excluding hydrogens is 496 g/mol.